The smallest absolute Gasteiger partial charge is 0.243 e. The third kappa shape index (κ3) is 2.40. The second-order valence-corrected chi connectivity index (χ2v) is 4.28. The quantitative estimate of drug-likeness (QED) is 0.761. The summed E-state index contributed by atoms with van der Waals surface area (Å²) in [4.78, 5) is 8.52. The van der Waals surface area contributed by atoms with Crippen molar-refractivity contribution in [3.05, 3.63) is 35.6 Å². The van der Waals surface area contributed by atoms with Crippen LogP contribution < -0.4 is 5.32 Å². The molecule has 7 heteroatoms. The van der Waals surface area contributed by atoms with Crippen LogP contribution in [-0.2, 0) is 6.42 Å². The highest BCUT2D eigenvalue weighted by Crippen LogP contribution is 2.08. The molecule has 7 nitrogen and oxygen atoms in total. The summed E-state index contributed by atoms with van der Waals surface area (Å²) < 4.78 is 6.84. The highest BCUT2D eigenvalue weighted by atomic mass is 16.5. The molecule has 0 saturated carbocycles. The second kappa shape index (κ2) is 4.68. The Hall–Kier alpha value is -2.44. The van der Waals surface area contributed by atoms with Crippen LogP contribution >= 0.6 is 0 Å². The second-order valence-electron chi connectivity index (χ2n) is 4.28. The number of pyridine rings is 1. The van der Waals surface area contributed by atoms with E-state index in [2.05, 4.69) is 25.5 Å². The van der Waals surface area contributed by atoms with Crippen molar-refractivity contribution in [3.63, 3.8) is 0 Å². The third-order valence-corrected chi connectivity index (χ3v) is 2.74. The zero-order valence-corrected chi connectivity index (χ0v) is 10.8. The highest BCUT2D eigenvalue weighted by Gasteiger charge is 2.06. The van der Waals surface area contributed by atoms with Crippen molar-refractivity contribution in [3.8, 4) is 0 Å². The maximum absolute atomic E-state index is 5.03. The molecule has 3 aromatic rings. The van der Waals surface area contributed by atoms with Crippen LogP contribution in [0.15, 0.2) is 22.7 Å². The summed E-state index contributed by atoms with van der Waals surface area (Å²) >= 11 is 0. The SMILES string of the molecule is Cc1noc(CCNc2nc3cccc(C)n3n2)n1. The molecule has 0 unspecified atom stereocenters. The standard InChI is InChI=1S/C12H14N6O/c1-8-4-3-5-10-15-12(16-18(8)10)13-7-6-11-14-9(2)17-19-11/h3-5H,6-7H2,1-2H3,(H,13,16). The van der Waals surface area contributed by atoms with E-state index < -0.39 is 0 Å². The largest absolute Gasteiger partial charge is 0.352 e. The number of nitrogens with zero attached hydrogens (tertiary/aromatic N) is 5. The van der Waals surface area contributed by atoms with E-state index in [1.165, 1.54) is 0 Å². The van der Waals surface area contributed by atoms with E-state index in [9.17, 15) is 0 Å². The minimum Gasteiger partial charge on any atom is -0.352 e. The van der Waals surface area contributed by atoms with E-state index in [4.69, 9.17) is 4.52 Å². The van der Waals surface area contributed by atoms with Crippen molar-refractivity contribution < 1.29 is 4.52 Å². The van der Waals surface area contributed by atoms with Gasteiger partial charge in [-0.15, -0.1) is 5.10 Å². The molecular formula is C12H14N6O. The fourth-order valence-electron chi connectivity index (χ4n) is 1.83. The van der Waals surface area contributed by atoms with Gasteiger partial charge in [-0.3, -0.25) is 0 Å². The Balaban J connectivity index is 1.67. The van der Waals surface area contributed by atoms with Gasteiger partial charge < -0.3 is 9.84 Å². The van der Waals surface area contributed by atoms with Crippen molar-refractivity contribution in [2.75, 3.05) is 11.9 Å². The molecule has 3 heterocycles. The Morgan fingerprint density at radius 2 is 2.16 bits per heavy atom. The summed E-state index contributed by atoms with van der Waals surface area (Å²) in [6.07, 6.45) is 0.648. The van der Waals surface area contributed by atoms with Crippen molar-refractivity contribution >= 4 is 11.6 Å². The van der Waals surface area contributed by atoms with Crippen LogP contribution in [0.4, 0.5) is 5.95 Å². The first-order chi connectivity index (χ1) is 9.22. The molecule has 19 heavy (non-hydrogen) atoms. The van der Waals surface area contributed by atoms with Gasteiger partial charge in [-0.2, -0.15) is 9.97 Å². The molecule has 0 amide bonds. The van der Waals surface area contributed by atoms with Gasteiger partial charge in [0.15, 0.2) is 11.5 Å². The molecule has 0 radical (unpaired) electrons. The van der Waals surface area contributed by atoms with Gasteiger partial charge in [0.25, 0.3) is 0 Å². The first-order valence-electron chi connectivity index (χ1n) is 6.08. The summed E-state index contributed by atoms with van der Waals surface area (Å²) in [5.41, 5.74) is 1.88. The molecule has 0 aliphatic rings. The number of hydrogen-bond donors (Lipinski definition) is 1. The van der Waals surface area contributed by atoms with E-state index in [1.807, 2.05) is 25.1 Å². The van der Waals surface area contributed by atoms with Crippen LogP contribution in [0.3, 0.4) is 0 Å². The lowest BCUT2D eigenvalue weighted by Crippen LogP contribution is -2.06. The summed E-state index contributed by atoms with van der Waals surface area (Å²) in [7, 11) is 0. The maximum atomic E-state index is 5.03. The van der Waals surface area contributed by atoms with Crippen LogP contribution in [0.2, 0.25) is 0 Å². The van der Waals surface area contributed by atoms with Crippen molar-refractivity contribution in [2.45, 2.75) is 20.3 Å². The Morgan fingerprint density at radius 1 is 1.26 bits per heavy atom. The van der Waals surface area contributed by atoms with Gasteiger partial charge in [-0.25, -0.2) is 4.52 Å². The summed E-state index contributed by atoms with van der Waals surface area (Å²) in [6, 6.07) is 5.88. The minimum absolute atomic E-state index is 0.602. The fourth-order valence-corrected chi connectivity index (χ4v) is 1.83. The predicted octanol–water partition coefficient (Wildman–Crippen LogP) is 1.38. The number of fused-ring (bicyclic) bond motifs is 1. The molecule has 0 fully saturated rings. The van der Waals surface area contributed by atoms with Gasteiger partial charge in [0.2, 0.25) is 11.8 Å². The number of aryl methyl sites for hydroxylation is 2. The van der Waals surface area contributed by atoms with Crippen LogP contribution in [0.25, 0.3) is 5.65 Å². The molecule has 0 atom stereocenters. The number of nitrogens with one attached hydrogen (secondary N) is 1. The molecule has 3 rings (SSSR count). The van der Waals surface area contributed by atoms with Crippen molar-refractivity contribution in [1.82, 2.24) is 24.7 Å². The van der Waals surface area contributed by atoms with Crippen molar-refractivity contribution in [2.24, 2.45) is 0 Å². The molecule has 0 aliphatic heterocycles. The molecule has 98 valence electrons. The summed E-state index contributed by atoms with van der Waals surface area (Å²) in [6.45, 7) is 4.44. The monoisotopic (exact) mass is 258 g/mol. The Bertz CT molecular complexity index is 701. The zero-order chi connectivity index (χ0) is 13.2. The normalized spacial score (nSPS) is 11.1. The first kappa shape index (κ1) is 11.6. The summed E-state index contributed by atoms with van der Waals surface area (Å²) in [5, 5.41) is 11.3. The zero-order valence-electron chi connectivity index (χ0n) is 10.8. The van der Waals surface area contributed by atoms with E-state index in [-0.39, 0.29) is 0 Å². The van der Waals surface area contributed by atoms with E-state index in [0.29, 0.717) is 30.6 Å². The molecular weight excluding hydrogens is 244 g/mol. The highest BCUT2D eigenvalue weighted by molar-refractivity contribution is 5.44. The molecule has 1 N–H and O–H groups in total. The van der Waals surface area contributed by atoms with Gasteiger partial charge in [-0.1, -0.05) is 11.2 Å². The average Bonchev–Trinajstić information content (AvgIpc) is 2.97. The lowest BCUT2D eigenvalue weighted by molar-refractivity contribution is 0.377. The van der Waals surface area contributed by atoms with Crippen LogP contribution in [0, 0.1) is 13.8 Å². The average molecular weight is 258 g/mol. The predicted molar refractivity (Wildman–Crippen MR) is 69.0 cm³/mol. The molecule has 0 saturated heterocycles. The number of anilines is 1. The van der Waals surface area contributed by atoms with E-state index in [0.717, 1.165) is 11.3 Å². The number of hydrogen-bond acceptors (Lipinski definition) is 6. The van der Waals surface area contributed by atoms with Crippen LogP contribution in [0.5, 0.6) is 0 Å². The molecule has 3 aromatic heterocycles. The van der Waals surface area contributed by atoms with Gasteiger partial charge in [0.1, 0.15) is 0 Å². The molecule has 0 bridgehead atoms. The van der Waals surface area contributed by atoms with Gasteiger partial charge in [-0.05, 0) is 26.0 Å². The van der Waals surface area contributed by atoms with Crippen molar-refractivity contribution in [1.29, 1.82) is 0 Å². The lowest BCUT2D eigenvalue weighted by Gasteiger charge is -1.97. The van der Waals surface area contributed by atoms with Crippen LogP contribution in [-0.4, -0.2) is 31.3 Å². The number of rotatable bonds is 4. The number of aromatic nitrogens is 5. The van der Waals surface area contributed by atoms with Gasteiger partial charge in [0, 0.05) is 18.7 Å². The Labute approximate surface area is 109 Å². The van der Waals surface area contributed by atoms with Crippen LogP contribution in [0.1, 0.15) is 17.4 Å². The Morgan fingerprint density at radius 3 is 2.89 bits per heavy atom. The van der Waals surface area contributed by atoms with E-state index >= 15 is 0 Å². The van der Waals surface area contributed by atoms with Gasteiger partial charge in [0.05, 0.1) is 0 Å². The summed E-state index contributed by atoms with van der Waals surface area (Å²) in [5.74, 6) is 1.87. The van der Waals surface area contributed by atoms with Gasteiger partial charge >= 0.3 is 0 Å². The molecule has 0 aromatic carbocycles. The first-order valence-corrected chi connectivity index (χ1v) is 6.08. The molecule has 0 spiro atoms. The topological polar surface area (TPSA) is 81.1 Å². The minimum atomic E-state index is 0.602. The Kier molecular flexibility index (Phi) is 2.86. The fraction of sp³-hybridized carbons (Fsp3) is 0.333. The van der Waals surface area contributed by atoms with E-state index in [1.54, 1.807) is 11.4 Å². The lowest BCUT2D eigenvalue weighted by atomic mass is 10.4. The third-order valence-electron chi connectivity index (χ3n) is 2.74. The maximum Gasteiger partial charge on any atom is 0.243 e. The molecule has 0 aliphatic carbocycles.